The van der Waals surface area contributed by atoms with Crippen LogP contribution in [0.1, 0.15) is 38.1 Å². The van der Waals surface area contributed by atoms with Crippen LogP contribution in [0.3, 0.4) is 0 Å². The SMILES string of the molecule is C=C(C)C(=O)Oc1cc(OC(=O)C(=C)C)cc(C(=O)Oc2ccc(OC(=O)C(=C)C)cc2OC(=O)C(=C)C)c1. The van der Waals surface area contributed by atoms with Crippen molar-refractivity contribution in [2.24, 2.45) is 0 Å². The normalized spacial score (nSPS) is 9.95. The lowest BCUT2D eigenvalue weighted by Crippen LogP contribution is -2.15. The molecule has 10 heteroatoms. The Morgan fingerprint density at radius 1 is 0.487 bits per heavy atom. The molecule has 0 bridgehead atoms. The summed E-state index contributed by atoms with van der Waals surface area (Å²) in [6, 6.07) is 7.24. The van der Waals surface area contributed by atoms with E-state index in [1.165, 1.54) is 58.0 Å². The molecule has 2 aromatic rings. The summed E-state index contributed by atoms with van der Waals surface area (Å²) in [4.78, 5) is 61.2. The molecule has 2 aromatic carbocycles. The van der Waals surface area contributed by atoms with Crippen molar-refractivity contribution in [3.05, 3.63) is 90.6 Å². The molecule has 0 unspecified atom stereocenters. The molecule has 2 rings (SSSR count). The molecule has 0 aliphatic rings. The largest absolute Gasteiger partial charge is 0.423 e. The van der Waals surface area contributed by atoms with Gasteiger partial charge in [0, 0.05) is 34.4 Å². The molecular formula is C29H26O10. The number of carbonyl (C=O) groups excluding carboxylic acids is 5. The maximum atomic E-state index is 13.1. The quantitative estimate of drug-likeness (QED) is 0.237. The highest BCUT2D eigenvalue weighted by Gasteiger charge is 2.20. The lowest BCUT2D eigenvalue weighted by Gasteiger charge is -2.14. The Morgan fingerprint density at radius 2 is 0.897 bits per heavy atom. The molecule has 10 nitrogen and oxygen atoms in total. The molecule has 202 valence electrons. The van der Waals surface area contributed by atoms with Crippen LogP contribution in [0.5, 0.6) is 28.7 Å². The van der Waals surface area contributed by atoms with Crippen LogP contribution in [0.4, 0.5) is 0 Å². The molecule has 0 saturated carbocycles. The predicted octanol–water partition coefficient (Wildman–Crippen LogP) is 4.83. The molecule has 0 N–H and O–H groups in total. The summed E-state index contributed by atoms with van der Waals surface area (Å²) >= 11 is 0. The first-order valence-corrected chi connectivity index (χ1v) is 11.2. The molecule has 0 aromatic heterocycles. The Balaban J connectivity index is 2.48. The lowest BCUT2D eigenvalue weighted by molar-refractivity contribution is -0.131. The van der Waals surface area contributed by atoms with Crippen LogP contribution in [-0.4, -0.2) is 29.8 Å². The van der Waals surface area contributed by atoms with E-state index in [2.05, 4.69) is 26.3 Å². The van der Waals surface area contributed by atoms with Gasteiger partial charge in [-0.2, -0.15) is 0 Å². The van der Waals surface area contributed by atoms with Crippen molar-refractivity contribution in [2.45, 2.75) is 27.7 Å². The summed E-state index contributed by atoms with van der Waals surface area (Å²) in [5.74, 6) is -4.93. The maximum absolute atomic E-state index is 13.1. The number of rotatable bonds is 10. The van der Waals surface area contributed by atoms with Crippen LogP contribution in [0.2, 0.25) is 0 Å². The van der Waals surface area contributed by atoms with Crippen molar-refractivity contribution in [3.63, 3.8) is 0 Å². The van der Waals surface area contributed by atoms with E-state index in [0.29, 0.717) is 0 Å². The molecule has 0 spiro atoms. The van der Waals surface area contributed by atoms with E-state index in [1.54, 1.807) is 0 Å². The van der Waals surface area contributed by atoms with Crippen molar-refractivity contribution < 1.29 is 47.7 Å². The average molecular weight is 535 g/mol. The molecule has 0 heterocycles. The van der Waals surface area contributed by atoms with E-state index in [4.69, 9.17) is 23.7 Å². The molecule has 39 heavy (non-hydrogen) atoms. The second-order valence-corrected chi connectivity index (χ2v) is 8.37. The maximum Gasteiger partial charge on any atom is 0.343 e. The van der Waals surface area contributed by atoms with E-state index in [0.717, 1.165) is 6.07 Å². The lowest BCUT2D eigenvalue weighted by atomic mass is 10.2. The van der Waals surface area contributed by atoms with Gasteiger partial charge in [-0.3, -0.25) is 0 Å². The minimum Gasteiger partial charge on any atom is -0.423 e. The van der Waals surface area contributed by atoms with E-state index >= 15 is 0 Å². The van der Waals surface area contributed by atoms with Gasteiger partial charge >= 0.3 is 29.8 Å². The van der Waals surface area contributed by atoms with Crippen LogP contribution in [0.25, 0.3) is 0 Å². The summed E-state index contributed by atoms with van der Waals surface area (Å²) < 4.78 is 26.2. The van der Waals surface area contributed by atoms with Crippen LogP contribution in [-0.2, 0) is 19.2 Å². The van der Waals surface area contributed by atoms with Crippen molar-refractivity contribution in [2.75, 3.05) is 0 Å². The molecule has 0 saturated heterocycles. The highest BCUT2D eigenvalue weighted by atomic mass is 16.6. The Morgan fingerprint density at radius 3 is 1.33 bits per heavy atom. The third-order valence-electron chi connectivity index (χ3n) is 4.46. The van der Waals surface area contributed by atoms with E-state index in [9.17, 15) is 24.0 Å². The Labute approximate surface area is 224 Å². The summed E-state index contributed by atoms with van der Waals surface area (Å²) in [6.07, 6.45) is 0. The fraction of sp³-hybridized carbons (Fsp3) is 0.138. The highest BCUT2D eigenvalue weighted by molar-refractivity contribution is 5.95. The van der Waals surface area contributed by atoms with Gasteiger partial charge in [0.1, 0.15) is 17.2 Å². The molecule has 0 radical (unpaired) electrons. The van der Waals surface area contributed by atoms with Gasteiger partial charge in [0.05, 0.1) is 5.56 Å². The van der Waals surface area contributed by atoms with Crippen LogP contribution >= 0.6 is 0 Å². The molecule has 0 amide bonds. The van der Waals surface area contributed by atoms with Crippen LogP contribution in [0, 0.1) is 0 Å². The minimum absolute atomic E-state index is 0.0185. The smallest absolute Gasteiger partial charge is 0.343 e. The van der Waals surface area contributed by atoms with Gasteiger partial charge in [-0.25, -0.2) is 24.0 Å². The van der Waals surface area contributed by atoms with Gasteiger partial charge < -0.3 is 23.7 Å². The highest BCUT2D eigenvalue weighted by Crippen LogP contribution is 2.34. The van der Waals surface area contributed by atoms with Crippen molar-refractivity contribution in [3.8, 4) is 28.7 Å². The summed E-state index contributed by atoms with van der Waals surface area (Å²) in [5, 5.41) is 0. The second-order valence-electron chi connectivity index (χ2n) is 8.37. The zero-order chi connectivity index (χ0) is 29.4. The van der Waals surface area contributed by atoms with Gasteiger partial charge in [-0.05, 0) is 52.0 Å². The van der Waals surface area contributed by atoms with Crippen molar-refractivity contribution in [1.82, 2.24) is 0 Å². The third kappa shape index (κ3) is 8.67. The number of esters is 5. The van der Waals surface area contributed by atoms with E-state index in [-0.39, 0.29) is 56.6 Å². The van der Waals surface area contributed by atoms with E-state index in [1.807, 2.05) is 0 Å². The topological polar surface area (TPSA) is 132 Å². The fourth-order valence-corrected chi connectivity index (χ4v) is 2.45. The van der Waals surface area contributed by atoms with Crippen molar-refractivity contribution in [1.29, 1.82) is 0 Å². The number of ether oxygens (including phenoxy) is 5. The third-order valence-corrected chi connectivity index (χ3v) is 4.46. The number of hydrogen-bond acceptors (Lipinski definition) is 10. The zero-order valence-electron chi connectivity index (χ0n) is 21.9. The van der Waals surface area contributed by atoms with Gasteiger partial charge in [-0.15, -0.1) is 0 Å². The Bertz CT molecular complexity index is 1380. The molecule has 0 atom stereocenters. The molecule has 0 aliphatic heterocycles. The second kappa shape index (κ2) is 12.8. The van der Waals surface area contributed by atoms with Crippen LogP contribution < -0.4 is 23.7 Å². The molecule has 0 fully saturated rings. The summed E-state index contributed by atoms with van der Waals surface area (Å²) in [7, 11) is 0. The molecular weight excluding hydrogens is 508 g/mol. The number of hydrogen-bond donors (Lipinski definition) is 0. The molecule has 0 aliphatic carbocycles. The summed E-state index contributed by atoms with van der Waals surface area (Å²) in [6.45, 7) is 19.7. The number of carbonyl (C=O) groups is 5. The van der Waals surface area contributed by atoms with Crippen molar-refractivity contribution >= 4 is 29.8 Å². The van der Waals surface area contributed by atoms with E-state index < -0.39 is 29.8 Å². The first kappa shape index (κ1) is 30.0. The van der Waals surface area contributed by atoms with Gasteiger partial charge in [-0.1, -0.05) is 26.3 Å². The monoisotopic (exact) mass is 534 g/mol. The number of benzene rings is 2. The standard InChI is InChI=1S/C29H26O10/c1-15(2)25(30)35-20-9-10-23(24(14-20)39-28(33)18(7)8)38-29(34)19-11-21(36-26(31)16(3)4)13-22(12-19)37-27(32)17(5)6/h9-14H,1,3,5,7H2,2,4,6,8H3. The van der Waals surface area contributed by atoms with Gasteiger partial charge in [0.25, 0.3) is 0 Å². The first-order chi connectivity index (χ1) is 18.2. The fourth-order valence-electron chi connectivity index (χ4n) is 2.45. The Kier molecular flexibility index (Phi) is 9.85. The first-order valence-electron chi connectivity index (χ1n) is 11.2. The average Bonchev–Trinajstić information content (AvgIpc) is 2.84. The minimum atomic E-state index is -1.00. The zero-order valence-corrected chi connectivity index (χ0v) is 21.9. The Hall–Kier alpha value is -5.25. The van der Waals surface area contributed by atoms with Crippen LogP contribution in [0.15, 0.2) is 85.0 Å². The summed E-state index contributed by atoms with van der Waals surface area (Å²) in [5.41, 5.74) is 0.148. The van der Waals surface area contributed by atoms with Gasteiger partial charge in [0.2, 0.25) is 0 Å². The predicted molar refractivity (Wildman–Crippen MR) is 140 cm³/mol. The van der Waals surface area contributed by atoms with Gasteiger partial charge in [0.15, 0.2) is 11.5 Å².